The van der Waals surface area contributed by atoms with Crippen LogP contribution in [0.3, 0.4) is 0 Å². The normalized spacial score (nSPS) is 11.6. The molecule has 4 aromatic carbocycles. The zero-order chi connectivity index (χ0) is 27.2. The molecule has 0 amide bonds. The van der Waals surface area contributed by atoms with Crippen LogP contribution in [0.4, 0.5) is 0 Å². The van der Waals surface area contributed by atoms with E-state index in [0.29, 0.717) is 12.4 Å². The summed E-state index contributed by atoms with van der Waals surface area (Å²) < 4.78 is 13.0. The van der Waals surface area contributed by atoms with E-state index >= 15 is 0 Å². The maximum Gasteiger partial charge on any atom is 0.216 e. The molecule has 0 saturated carbocycles. The van der Waals surface area contributed by atoms with Gasteiger partial charge in [0.1, 0.15) is 17.7 Å². The molecule has 2 aromatic heterocycles. The van der Waals surface area contributed by atoms with E-state index in [4.69, 9.17) is 14.3 Å². The summed E-state index contributed by atoms with van der Waals surface area (Å²) in [7, 11) is 1.57. The van der Waals surface area contributed by atoms with E-state index in [1.807, 2.05) is 77.5 Å². The van der Waals surface area contributed by atoms with Gasteiger partial charge in [-0.2, -0.15) is 0 Å². The molecule has 0 aliphatic heterocycles. The van der Waals surface area contributed by atoms with Crippen LogP contribution in [0.2, 0.25) is 0 Å². The number of hydrogen-bond donors (Lipinski definition) is 0. The maximum absolute atomic E-state index is 6.19. The van der Waals surface area contributed by atoms with Crippen LogP contribution in [0, 0.1) is 0 Å². The zero-order valence-corrected chi connectivity index (χ0v) is 22.0. The van der Waals surface area contributed by atoms with Gasteiger partial charge in [-0.25, -0.2) is 4.68 Å². The number of benzene rings is 4. The van der Waals surface area contributed by atoms with Gasteiger partial charge in [-0.15, -0.1) is 10.2 Å². The average Bonchev–Trinajstić information content (AvgIpc) is 3.65. The van der Waals surface area contributed by atoms with Crippen LogP contribution >= 0.6 is 0 Å². The molecule has 40 heavy (non-hydrogen) atoms. The lowest BCUT2D eigenvalue weighted by Gasteiger charge is -2.36. The monoisotopic (exact) mass is 532 g/mol. The second kappa shape index (κ2) is 11.5. The quantitative estimate of drug-likeness (QED) is 0.178. The fraction of sp³-hybridized carbons (Fsp3) is 0.161. The van der Waals surface area contributed by atoms with Crippen molar-refractivity contribution < 1.29 is 14.3 Å². The van der Waals surface area contributed by atoms with Crippen molar-refractivity contribution in [3.05, 3.63) is 143 Å². The molecule has 9 heteroatoms. The Morgan fingerprint density at radius 2 is 1.38 bits per heavy atom. The van der Waals surface area contributed by atoms with Gasteiger partial charge in [0.15, 0.2) is 5.82 Å². The topological polar surface area (TPSA) is 89.1 Å². The van der Waals surface area contributed by atoms with Crippen molar-refractivity contribution >= 4 is 10.9 Å². The molecule has 2 heterocycles. The highest BCUT2D eigenvalue weighted by Gasteiger charge is 2.41. The molecule has 0 radical (unpaired) electrons. The van der Waals surface area contributed by atoms with Crippen LogP contribution in [0.5, 0.6) is 0 Å². The van der Waals surface area contributed by atoms with Crippen molar-refractivity contribution in [3.63, 3.8) is 0 Å². The first-order valence-corrected chi connectivity index (χ1v) is 12.9. The molecule has 0 aliphatic rings. The Kier molecular flexibility index (Phi) is 7.30. The first kappa shape index (κ1) is 25.4. The molecule has 200 valence electrons. The lowest BCUT2D eigenvalue weighted by molar-refractivity contribution is -0.0464. The number of methoxy groups -OCH3 is 1. The minimum Gasteiger partial charge on any atom is -0.369 e. The van der Waals surface area contributed by atoms with E-state index < -0.39 is 5.54 Å². The molecule has 9 nitrogen and oxygen atoms in total. The molecule has 0 N–H and O–H groups in total. The predicted molar refractivity (Wildman–Crippen MR) is 149 cm³/mol. The van der Waals surface area contributed by atoms with Gasteiger partial charge in [0.25, 0.3) is 0 Å². The fourth-order valence-electron chi connectivity index (χ4n) is 5.08. The van der Waals surface area contributed by atoms with Crippen LogP contribution in [-0.4, -0.2) is 44.1 Å². The molecular weight excluding hydrogens is 504 g/mol. The van der Waals surface area contributed by atoms with Crippen molar-refractivity contribution in [3.8, 4) is 0 Å². The van der Waals surface area contributed by atoms with Crippen LogP contribution in [0.15, 0.2) is 115 Å². The zero-order valence-electron chi connectivity index (χ0n) is 22.0. The molecule has 0 bridgehead atoms. The Hall–Kier alpha value is -4.86. The van der Waals surface area contributed by atoms with Gasteiger partial charge in [0.2, 0.25) is 6.79 Å². The third kappa shape index (κ3) is 4.72. The highest BCUT2D eigenvalue weighted by molar-refractivity contribution is 5.79. The Balaban J connectivity index is 1.33. The molecule has 6 rings (SSSR count). The van der Waals surface area contributed by atoms with E-state index in [0.717, 1.165) is 33.2 Å². The predicted octanol–water partition coefficient (Wildman–Crippen LogP) is 4.61. The number of nitrogens with zero attached hydrogens (tertiary/aromatic N) is 6. The van der Waals surface area contributed by atoms with Crippen molar-refractivity contribution in [2.45, 2.75) is 18.8 Å². The molecule has 6 aromatic rings. The van der Waals surface area contributed by atoms with E-state index in [-0.39, 0.29) is 13.4 Å². The van der Waals surface area contributed by atoms with E-state index in [2.05, 4.69) is 57.0 Å². The summed E-state index contributed by atoms with van der Waals surface area (Å²) in [6.45, 7) is 0.713. The molecular formula is C31H28N6O3. The molecule has 0 fully saturated rings. The van der Waals surface area contributed by atoms with E-state index in [1.54, 1.807) is 13.3 Å². The van der Waals surface area contributed by atoms with Crippen molar-refractivity contribution in [2.75, 3.05) is 13.9 Å². The summed E-state index contributed by atoms with van der Waals surface area (Å²) in [4.78, 5) is 6.91. The first-order valence-electron chi connectivity index (χ1n) is 12.9. The van der Waals surface area contributed by atoms with Crippen LogP contribution in [-0.2, 0) is 28.2 Å². The number of hydrogen-bond acceptors (Lipinski definition) is 7. The van der Waals surface area contributed by atoms with Gasteiger partial charge in [0.05, 0.1) is 12.8 Å². The minimum atomic E-state index is -0.804. The smallest absolute Gasteiger partial charge is 0.216 e. The lowest BCUT2D eigenvalue weighted by atomic mass is 9.77. The molecule has 0 saturated heterocycles. The average molecular weight is 533 g/mol. The summed E-state index contributed by atoms with van der Waals surface area (Å²) >= 11 is 0. The summed E-state index contributed by atoms with van der Waals surface area (Å²) in [5.74, 6) is 0.610. The van der Waals surface area contributed by atoms with E-state index in [9.17, 15) is 0 Å². The molecule has 0 atom stereocenters. The summed E-state index contributed by atoms with van der Waals surface area (Å²) in [5, 5.41) is 18.3. The second-order valence-electron chi connectivity index (χ2n) is 9.25. The Bertz CT molecular complexity index is 1570. The summed E-state index contributed by atoms with van der Waals surface area (Å²) in [5.41, 5.74) is 4.17. The summed E-state index contributed by atoms with van der Waals surface area (Å²) in [6.07, 6.45) is 1.75. The third-order valence-corrected chi connectivity index (χ3v) is 6.82. The van der Waals surface area contributed by atoms with Crippen LogP contribution in [0.1, 0.15) is 28.1 Å². The highest BCUT2D eigenvalue weighted by atomic mass is 16.8. The number of fused-ring (bicyclic) bond motifs is 1. The Labute approximate surface area is 231 Å². The minimum absolute atomic E-state index is 0.118. The number of aromatic nitrogens is 6. The second-order valence-corrected chi connectivity index (χ2v) is 9.25. The maximum atomic E-state index is 6.19. The van der Waals surface area contributed by atoms with E-state index in [1.165, 1.54) is 4.85 Å². The third-order valence-electron chi connectivity index (χ3n) is 6.82. The van der Waals surface area contributed by atoms with Gasteiger partial charge in [-0.1, -0.05) is 102 Å². The molecule has 0 unspecified atom stereocenters. The van der Waals surface area contributed by atoms with Crippen LogP contribution in [0.25, 0.3) is 10.9 Å². The lowest BCUT2D eigenvalue weighted by Crippen LogP contribution is -2.40. The van der Waals surface area contributed by atoms with Gasteiger partial charge >= 0.3 is 0 Å². The Morgan fingerprint density at radius 1 is 0.750 bits per heavy atom. The van der Waals surface area contributed by atoms with Crippen molar-refractivity contribution in [2.24, 2.45) is 0 Å². The standard InChI is InChI=1S/C31H28N6O3/c1-38-23-40-37-29-18-17-24(19-25(29)20-32-37)21-39-22-30-33-34-35-36(30)31(26-11-5-2-6-12-26,27-13-7-3-8-14-27)28-15-9-4-10-16-28/h2-20H,21-23H2,1H3. The van der Waals surface area contributed by atoms with Crippen LogP contribution < -0.4 is 4.84 Å². The first-order chi connectivity index (χ1) is 19.8. The van der Waals surface area contributed by atoms with Gasteiger partial charge in [-0.05, 0) is 44.8 Å². The molecule has 0 aliphatic carbocycles. The Morgan fingerprint density at radius 3 is 1.98 bits per heavy atom. The molecule has 0 spiro atoms. The number of rotatable bonds is 11. The van der Waals surface area contributed by atoms with Gasteiger partial charge in [-0.3, -0.25) is 0 Å². The SMILES string of the molecule is COCOn1ncc2cc(COCc3nnnn3C(c3ccccc3)(c3ccccc3)c3ccccc3)ccc21. The summed E-state index contributed by atoms with van der Waals surface area (Å²) in [6, 6.07) is 36.9. The fourth-order valence-corrected chi connectivity index (χ4v) is 5.08. The van der Waals surface area contributed by atoms with Gasteiger partial charge < -0.3 is 14.3 Å². The van der Waals surface area contributed by atoms with Crippen molar-refractivity contribution in [1.29, 1.82) is 0 Å². The number of tetrazole rings is 1. The van der Waals surface area contributed by atoms with Gasteiger partial charge in [0, 0.05) is 12.5 Å². The highest BCUT2D eigenvalue weighted by Crippen LogP contribution is 2.40. The number of ether oxygens (including phenoxy) is 2. The largest absolute Gasteiger partial charge is 0.369 e. The van der Waals surface area contributed by atoms with Crippen molar-refractivity contribution in [1.82, 2.24) is 30.2 Å².